The van der Waals surface area contributed by atoms with Crippen molar-refractivity contribution >= 4 is 11.7 Å². The fourth-order valence-electron chi connectivity index (χ4n) is 4.28. The second-order valence-electron chi connectivity index (χ2n) is 8.85. The van der Waals surface area contributed by atoms with Crippen molar-refractivity contribution < 1.29 is 31.5 Å². The molecule has 9 nitrogen and oxygen atoms in total. The minimum Gasteiger partial charge on any atom is -0.495 e. The predicted octanol–water partition coefficient (Wildman–Crippen LogP) is 3.90. The molecule has 2 unspecified atom stereocenters. The molecule has 0 aromatic carbocycles. The Balaban J connectivity index is 1.60. The van der Waals surface area contributed by atoms with Crippen molar-refractivity contribution in [3.05, 3.63) is 48.3 Å². The van der Waals surface area contributed by atoms with E-state index in [-0.39, 0.29) is 18.1 Å². The number of halogens is 5. The Morgan fingerprint density at radius 1 is 1.19 bits per heavy atom. The second kappa shape index (κ2) is 9.90. The number of piperidine rings is 1. The average molecular weight is 525 g/mol. The predicted molar refractivity (Wildman–Crippen MR) is 122 cm³/mol. The van der Waals surface area contributed by atoms with Crippen LogP contribution < -0.4 is 10.1 Å². The standard InChI is InChI=1S/C23H24F5N7O2/c1-13-6-22(24,25)12-35(17(13)8-31-19-10-30-18(9-32-19)23(26,27)28)21(36)20-15(11-34(2)33-20)16-5-4-14(37-3)7-29-16/h4-5,7,9-11,13,17H,6,8,12H2,1-3H3,(H,31,32). The molecule has 0 radical (unpaired) electrons. The summed E-state index contributed by atoms with van der Waals surface area (Å²) < 4.78 is 74.0. The summed E-state index contributed by atoms with van der Waals surface area (Å²) in [6.45, 7) is 0.710. The number of aryl methyl sites for hydroxylation is 1. The second-order valence-corrected chi connectivity index (χ2v) is 8.85. The number of methoxy groups -OCH3 is 1. The van der Waals surface area contributed by atoms with Gasteiger partial charge in [-0.1, -0.05) is 6.92 Å². The fourth-order valence-corrected chi connectivity index (χ4v) is 4.28. The van der Waals surface area contributed by atoms with E-state index in [9.17, 15) is 26.7 Å². The van der Waals surface area contributed by atoms with Crippen molar-refractivity contribution in [2.75, 3.05) is 25.5 Å². The number of carbonyl (C=O) groups is 1. The van der Waals surface area contributed by atoms with Crippen LogP contribution in [0.1, 0.15) is 29.5 Å². The zero-order valence-corrected chi connectivity index (χ0v) is 20.1. The number of hydrogen-bond donors (Lipinski definition) is 1. The number of anilines is 1. The molecule has 3 aromatic heterocycles. The van der Waals surface area contributed by atoms with Gasteiger partial charge in [0.05, 0.1) is 49.5 Å². The van der Waals surface area contributed by atoms with Crippen LogP contribution >= 0.6 is 0 Å². The maximum Gasteiger partial charge on any atom is 0.434 e. The van der Waals surface area contributed by atoms with Gasteiger partial charge in [0.1, 0.15) is 11.6 Å². The Morgan fingerprint density at radius 2 is 1.95 bits per heavy atom. The van der Waals surface area contributed by atoms with E-state index in [1.165, 1.54) is 18.0 Å². The number of likely N-dealkylation sites (tertiary alicyclic amines) is 1. The number of alkyl halides is 5. The van der Waals surface area contributed by atoms with Gasteiger partial charge in [0.25, 0.3) is 11.8 Å². The van der Waals surface area contributed by atoms with Crippen LogP contribution in [0.2, 0.25) is 0 Å². The number of nitrogens with one attached hydrogen (secondary N) is 1. The zero-order chi connectivity index (χ0) is 27.0. The molecule has 4 rings (SSSR count). The number of aromatic nitrogens is 5. The minimum absolute atomic E-state index is 0.0193. The lowest BCUT2D eigenvalue weighted by molar-refractivity contribution is -0.141. The molecule has 1 N–H and O–H groups in total. The molecule has 1 amide bonds. The van der Waals surface area contributed by atoms with Crippen molar-refractivity contribution in [2.24, 2.45) is 13.0 Å². The molecule has 4 heterocycles. The molecule has 1 aliphatic rings. The Bertz CT molecular complexity index is 1250. The summed E-state index contributed by atoms with van der Waals surface area (Å²) in [7, 11) is 3.08. The molecule has 198 valence electrons. The van der Waals surface area contributed by atoms with E-state index in [1.54, 1.807) is 32.3 Å². The van der Waals surface area contributed by atoms with Crippen molar-refractivity contribution in [3.8, 4) is 17.0 Å². The van der Waals surface area contributed by atoms with E-state index in [0.717, 1.165) is 11.1 Å². The Labute approximate surface area is 208 Å². The first kappa shape index (κ1) is 26.2. The highest BCUT2D eigenvalue weighted by Gasteiger charge is 2.47. The van der Waals surface area contributed by atoms with E-state index in [1.807, 2.05) is 0 Å². The highest BCUT2D eigenvalue weighted by Crippen LogP contribution is 2.36. The summed E-state index contributed by atoms with van der Waals surface area (Å²) in [6, 6.07) is 2.55. The van der Waals surface area contributed by atoms with Gasteiger partial charge in [0, 0.05) is 26.2 Å². The van der Waals surface area contributed by atoms with Crippen LogP contribution in [0.3, 0.4) is 0 Å². The lowest BCUT2D eigenvalue weighted by Gasteiger charge is -2.43. The fraction of sp³-hybridized carbons (Fsp3) is 0.435. The summed E-state index contributed by atoms with van der Waals surface area (Å²) in [5.41, 5.74) is -0.444. The molecule has 1 fully saturated rings. The summed E-state index contributed by atoms with van der Waals surface area (Å²) in [6.07, 6.45) is -0.590. The summed E-state index contributed by atoms with van der Waals surface area (Å²) in [5, 5.41) is 7.04. The molecule has 3 aromatic rings. The quantitative estimate of drug-likeness (QED) is 0.488. The third-order valence-corrected chi connectivity index (χ3v) is 6.05. The van der Waals surface area contributed by atoms with Crippen LogP contribution in [0.5, 0.6) is 5.75 Å². The maximum atomic E-state index is 14.6. The lowest BCUT2D eigenvalue weighted by Crippen LogP contribution is -2.57. The van der Waals surface area contributed by atoms with Gasteiger partial charge in [-0.05, 0) is 18.1 Å². The Morgan fingerprint density at radius 3 is 2.54 bits per heavy atom. The number of rotatable bonds is 6. The number of amides is 1. The van der Waals surface area contributed by atoms with Crippen molar-refractivity contribution in [3.63, 3.8) is 0 Å². The van der Waals surface area contributed by atoms with Crippen LogP contribution in [0.4, 0.5) is 27.8 Å². The lowest BCUT2D eigenvalue weighted by atomic mass is 9.88. The van der Waals surface area contributed by atoms with E-state index in [0.29, 0.717) is 23.2 Å². The number of carbonyl (C=O) groups excluding carboxylic acids is 1. The van der Waals surface area contributed by atoms with Crippen LogP contribution in [-0.2, 0) is 13.2 Å². The van der Waals surface area contributed by atoms with Gasteiger partial charge in [0.15, 0.2) is 11.4 Å². The highest BCUT2D eigenvalue weighted by atomic mass is 19.4. The minimum atomic E-state index is -4.64. The number of ether oxygens (including phenoxy) is 1. The van der Waals surface area contributed by atoms with Gasteiger partial charge in [-0.25, -0.2) is 18.7 Å². The maximum absolute atomic E-state index is 14.6. The summed E-state index contributed by atoms with van der Waals surface area (Å²) in [5.74, 6) is -3.97. The SMILES string of the molecule is COc1ccc(-c2cn(C)nc2C(=O)N2CC(F)(F)CC(C)C2CNc2cnc(C(F)(F)F)cn2)nc1. The molecule has 0 aliphatic carbocycles. The molecular formula is C23H24F5N7O2. The normalized spacial score (nSPS) is 19.5. The van der Waals surface area contributed by atoms with E-state index in [4.69, 9.17) is 4.74 Å². The van der Waals surface area contributed by atoms with Crippen LogP contribution in [-0.4, -0.2) is 67.7 Å². The van der Waals surface area contributed by atoms with E-state index >= 15 is 0 Å². The smallest absolute Gasteiger partial charge is 0.434 e. The van der Waals surface area contributed by atoms with Crippen LogP contribution in [0.15, 0.2) is 36.9 Å². The highest BCUT2D eigenvalue weighted by molar-refractivity contribution is 5.98. The Kier molecular flexibility index (Phi) is 7.02. The van der Waals surface area contributed by atoms with Crippen molar-refractivity contribution in [2.45, 2.75) is 31.5 Å². The van der Waals surface area contributed by atoms with Crippen LogP contribution in [0, 0.1) is 5.92 Å². The van der Waals surface area contributed by atoms with Crippen molar-refractivity contribution in [1.82, 2.24) is 29.6 Å². The molecule has 0 bridgehead atoms. The Hall–Kier alpha value is -3.84. The first-order valence-electron chi connectivity index (χ1n) is 11.2. The van der Waals surface area contributed by atoms with Crippen molar-refractivity contribution in [1.29, 1.82) is 0 Å². The third kappa shape index (κ3) is 5.78. The van der Waals surface area contributed by atoms with E-state index in [2.05, 4.69) is 25.4 Å². The van der Waals surface area contributed by atoms with E-state index < -0.39 is 48.6 Å². The zero-order valence-electron chi connectivity index (χ0n) is 20.1. The number of hydrogen-bond acceptors (Lipinski definition) is 7. The number of nitrogens with zero attached hydrogens (tertiary/aromatic N) is 6. The molecule has 1 saturated heterocycles. The molecule has 0 saturated carbocycles. The topological polar surface area (TPSA) is 98.1 Å². The average Bonchev–Trinajstić information content (AvgIpc) is 3.23. The summed E-state index contributed by atoms with van der Waals surface area (Å²) in [4.78, 5) is 26.0. The third-order valence-electron chi connectivity index (χ3n) is 6.05. The van der Waals surface area contributed by atoms with Gasteiger partial charge in [-0.2, -0.15) is 18.3 Å². The molecular weight excluding hydrogens is 501 g/mol. The first-order valence-corrected chi connectivity index (χ1v) is 11.2. The monoisotopic (exact) mass is 525 g/mol. The van der Waals surface area contributed by atoms with Gasteiger partial charge < -0.3 is 15.0 Å². The first-order chi connectivity index (χ1) is 17.4. The van der Waals surface area contributed by atoms with Gasteiger partial charge in [-0.15, -0.1) is 0 Å². The molecule has 0 spiro atoms. The molecule has 14 heteroatoms. The molecule has 1 aliphatic heterocycles. The number of pyridine rings is 1. The molecule has 2 atom stereocenters. The van der Waals surface area contributed by atoms with Gasteiger partial charge in [-0.3, -0.25) is 14.5 Å². The van der Waals surface area contributed by atoms with Gasteiger partial charge in [0.2, 0.25) is 0 Å². The summed E-state index contributed by atoms with van der Waals surface area (Å²) >= 11 is 0. The van der Waals surface area contributed by atoms with Crippen LogP contribution in [0.25, 0.3) is 11.3 Å². The largest absolute Gasteiger partial charge is 0.495 e. The molecule has 37 heavy (non-hydrogen) atoms. The van der Waals surface area contributed by atoms with Gasteiger partial charge >= 0.3 is 6.18 Å².